The first-order valence-electron chi connectivity index (χ1n) is 7.93. The first kappa shape index (κ1) is 18.0. The lowest BCUT2D eigenvalue weighted by molar-refractivity contribution is 0.844. The van der Waals surface area contributed by atoms with Crippen LogP contribution < -0.4 is 5.56 Å². The molecule has 0 amide bonds. The highest BCUT2D eigenvalue weighted by Crippen LogP contribution is 2.21. The van der Waals surface area contributed by atoms with Crippen LogP contribution in [0, 0.1) is 0 Å². The van der Waals surface area contributed by atoms with Gasteiger partial charge in [0, 0.05) is 35.0 Å². The molecule has 4 aromatic rings. The zero-order chi connectivity index (χ0) is 18.6. The van der Waals surface area contributed by atoms with Gasteiger partial charge in [0.15, 0.2) is 10.3 Å². The number of fused-ring (bicyclic) bond motifs is 1. The van der Waals surface area contributed by atoms with Crippen LogP contribution in [0.3, 0.4) is 0 Å². The van der Waals surface area contributed by atoms with Gasteiger partial charge < -0.3 is 0 Å². The van der Waals surface area contributed by atoms with E-state index in [1.54, 1.807) is 18.5 Å². The van der Waals surface area contributed by atoms with Gasteiger partial charge in [-0.05, 0) is 23.8 Å². The lowest BCUT2D eigenvalue weighted by Gasteiger charge is -1.99. The first-order valence-corrected chi connectivity index (χ1v) is 10.3. The Kier molecular flexibility index (Phi) is 5.42. The molecule has 0 atom stereocenters. The van der Waals surface area contributed by atoms with Gasteiger partial charge in [-0.2, -0.15) is 9.50 Å². The normalized spacial score (nSPS) is 11.1. The fraction of sp³-hybridized carbons (Fsp3) is 0.118. The largest absolute Gasteiger partial charge is 0.274 e. The van der Waals surface area contributed by atoms with Gasteiger partial charge in [-0.1, -0.05) is 47.3 Å². The Balaban J connectivity index is 1.49. The number of hydrogen-bond donors (Lipinski definition) is 1. The molecule has 0 saturated carbocycles. The third kappa shape index (κ3) is 4.49. The summed E-state index contributed by atoms with van der Waals surface area (Å²) in [4.78, 5) is 29.5. The second-order valence-corrected chi connectivity index (χ2v) is 7.83. The van der Waals surface area contributed by atoms with Crippen molar-refractivity contribution in [3.05, 3.63) is 75.4 Å². The van der Waals surface area contributed by atoms with Gasteiger partial charge in [0.1, 0.15) is 0 Å². The molecule has 0 unspecified atom stereocenters. The maximum Gasteiger partial charge on any atom is 0.274 e. The molecule has 1 N–H and O–H groups in total. The minimum Gasteiger partial charge on any atom is -0.267 e. The van der Waals surface area contributed by atoms with Gasteiger partial charge in [-0.25, -0.2) is 15.0 Å². The number of H-pyrrole nitrogens is 1. The molecule has 0 aliphatic carbocycles. The van der Waals surface area contributed by atoms with E-state index >= 15 is 0 Å². The quantitative estimate of drug-likeness (QED) is 0.380. The minimum absolute atomic E-state index is 0.199. The average Bonchev–Trinajstić information content (AvgIpc) is 3.10. The fourth-order valence-corrected chi connectivity index (χ4v) is 3.90. The molecule has 27 heavy (non-hydrogen) atoms. The van der Waals surface area contributed by atoms with Crippen LogP contribution >= 0.6 is 35.1 Å². The summed E-state index contributed by atoms with van der Waals surface area (Å²) in [5, 5.41) is 4.96. The lowest BCUT2D eigenvalue weighted by atomic mass is 10.2. The Morgan fingerprint density at radius 1 is 1.04 bits per heavy atom. The van der Waals surface area contributed by atoms with Crippen LogP contribution in [0.1, 0.15) is 11.3 Å². The van der Waals surface area contributed by atoms with Crippen molar-refractivity contribution in [2.45, 2.75) is 21.8 Å². The number of rotatable bonds is 6. The number of halogens is 1. The maximum absolute atomic E-state index is 12.3. The van der Waals surface area contributed by atoms with Gasteiger partial charge in [0.05, 0.1) is 5.69 Å². The van der Waals surface area contributed by atoms with Crippen molar-refractivity contribution in [2.24, 2.45) is 0 Å². The summed E-state index contributed by atoms with van der Waals surface area (Å²) < 4.78 is 1.34. The summed E-state index contributed by atoms with van der Waals surface area (Å²) in [7, 11) is 0. The molecule has 3 aromatic heterocycles. The fourth-order valence-electron chi connectivity index (χ4n) is 2.28. The number of aromatic nitrogens is 6. The van der Waals surface area contributed by atoms with E-state index in [1.165, 1.54) is 34.1 Å². The van der Waals surface area contributed by atoms with Crippen molar-refractivity contribution >= 4 is 40.9 Å². The van der Waals surface area contributed by atoms with Crippen LogP contribution in [0.5, 0.6) is 0 Å². The maximum atomic E-state index is 12.3. The number of nitrogens with zero attached hydrogens (tertiary/aromatic N) is 5. The summed E-state index contributed by atoms with van der Waals surface area (Å²) in [5.41, 5.74) is 1.55. The summed E-state index contributed by atoms with van der Waals surface area (Å²) in [5.74, 6) is 1.56. The van der Waals surface area contributed by atoms with Gasteiger partial charge in [0.2, 0.25) is 0 Å². The molecule has 3 heterocycles. The smallest absolute Gasteiger partial charge is 0.267 e. The number of hydrogen-bond acceptors (Lipinski definition) is 7. The molecule has 0 aliphatic rings. The highest BCUT2D eigenvalue weighted by Gasteiger charge is 2.10. The van der Waals surface area contributed by atoms with E-state index in [2.05, 4.69) is 25.0 Å². The van der Waals surface area contributed by atoms with Gasteiger partial charge in [-0.3, -0.25) is 9.89 Å². The van der Waals surface area contributed by atoms with Gasteiger partial charge in [0.25, 0.3) is 11.3 Å². The topological polar surface area (TPSA) is 88.8 Å². The predicted octanol–water partition coefficient (Wildman–Crippen LogP) is 3.45. The Hall–Kier alpha value is -2.36. The van der Waals surface area contributed by atoms with Crippen molar-refractivity contribution in [1.82, 2.24) is 29.5 Å². The SMILES string of the molecule is O=c1cc(CSc2ncccn2)nc2nc(SCc3ccc(Cl)cc3)[nH]n12. The minimum atomic E-state index is -0.199. The molecule has 0 saturated heterocycles. The van der Waals surface area contributed by atoms with Crippen molar-refractivity contribution < 1.29 is 0 Å². The Morgan fingerprint density at radius 2 is 1.81 bits per heavy atom. The molecule has 136 valence electrons. The number of aromatic amines is 1. The van der Waals surface area contributed by atoms with Crippen molar-refractivity contribution in [3.63, 3.8) is 0 Å². The van der Waals surface area contributed by atoms with Crippen LogP contribution in [0.4, 0.5) is 0 Å². The molecule has 7 nitrogen and oxygen atoms in total. The second-order valence-electron chi connectivity index (χ2n) is 5.49. The molecular weight excluding hydrogens is 404 g/mol. The van der Waals surface area contributed by atoms with E-state index in [9.17, 15) is 4.79 Å². The number of nitrogens with one attached hydrogen (secondary N) is 1. The highest BCUT2D eigenvalue weighted by molar-refractivity contribution is 7.98. The summed E-state index contributed by atoms with van der Waals surface area (Å²) in [6.45, 7) is 0. The Bertz CT molecular complexity index is 1110. The van der Waals surface area contributed by atoms with Crippen LogP contribution in [0.25, 0.3) is 5.78 Å². The highest BCUT2D eigenvalue weighted by atomic mass is 35.5. The average molecular weight is 417 g/mol. The summed E-state index contributed by atoms with van der Waals surface area (Å²) in [6, 6.07) is 10.9. The molecule has 0 aliphatic heterocycles. The van der Waals surface area contributed by atoms with E-state index in [4.69, 9.17) is 11.6 Å². The van der Waals surface area contributed by atoms with Crippen LogP contribution in [-0.4, -0.2) is 29.5 Å². The van der Waals surface area contributed by atoms with Crippen molar-refractivity contribution in [3.8, 4) is 0 Å². The number of benzene rings is 1. The van der Waals surface area contributed by atoms with E-state index < -0.39 is 0 Å². The molecule has 0 bridgehead atoms. The third-order valence-corrected chi connectivity index (χ3v) is 5.64. The van der Waals surface area contributed by atoms with E-state index in [0.29, 0.717) is 38.3 Å². The van der Waals surface area contributed by atoms with E-state index in [1.807, 2.05) is 24.3 Å². The standard InChI is InChI=1S/C17H13ClN6OS2/c18-12-4-2-11(3-5-12)9-26-17-22-15-21-13(8-14(25)24(15)23-17)10-27-16-19-6-1-7-20-16/h1-8H,9-10H2,(H,21,22,23). The summed E-state index contributed by atoms with van der Waals surface area (Å²) >= 11 is 8.81. The van der Waals surface area contributed by atoms with E-state index in [-0.39, 0.29) is 5.56 Å². The number of thioether (sulfide) groups is 2. The van der Waals surface area contributed by atoms with Crippen LogP contribution in [-0.2, 0) is 11.5 Å². The van der Waals surface area contributed by atoms with Crippen molar-refractivity contribution in [2.75, 3.05) is 0 Å². The van der Waals surface area contributed by atoms with Crippen LogP contribution in [0.2, 0.25) is 5.02 Å². The van der Waals surface area contributed by atoms with Crippen molar-refractivity contribution in [1.29, 1.82) is 0 Å². The second kappa shape index (κ2) is 8.12. The predicted molar refractivity (Wildman–Crippen MR) is 106 cm³/mol. The van der Waals surface area contributed by atoms with Crippen LogP contribution in [0.15, 0.2) is 63.9 Å². The van der Waals surface area contributed by atoms with Gasteiger partial charge in [-0.15, -0.1) is 0 Å². The summed E-state index contributed by atoms with van der Waals surface area (Å²) in [6.07, 6.45) is 3.36. The Morgan fingerprint density at radius 3 is 2.59 bits per heavy atom. The molecule has 0 spiro atoms. The van der Waals surface area contributed by atoms with E-state index in [0.717, 1.165) is 5.56 Å². The molecular formula is C17H13ClN6OS2. The first-order chi connectivity index (χ1) is 13.2. The molecule has 10 heteroatoms. The molecule has 4 rings (SSSR count). The molecule has 1 aromatic carbocycles. The van der Waals surface area contributed by atoms with Gasteiger partial charge >= 0.3 is 0 Å². The molecule has 0 radical (unpaired) electrons. The lowest BCUT2D eigenvalue weighted by Crippen LogP contribution is -2.15. The zero-order valence-electron chi connectivity index (χ0n) is 13.9. The molecule has 0 fully saturated rings. The monoisotopic (exact) mass is 416 g/mol. The Labute approximate surface area is 167 Å². The third-order valence-electron chi connectivity index (χ3n) is 3.54. The zero-order valence-corrected chi connectivity index (χ0v) is 16.3.